The molecule has 1 aliphatic heterocycles. The van der Waals surface area contributed by atoms with Crippen molar-refractivity contribution in [1.29, 1.82) is 0 Å². The van der Waals surface area contributed by atoms with Crippen LogP contribution < -0.4 is 11.2 Å². The number of piperidine rings is 1. The molecule has 0 spiro atoms. The van der Waals surface area contributed by atoms with Crippen molar-refractivity contribution in [2.24, 2.45) is 0 Å². The van der Waals surface area contributed by atoms with Crippen LogP contribution in [0.3, 0.4) is 0 Å². The molecular formula is C15H19N5O4. The highest BCUT2D eigenvalue weighted by atomic mass is 16.5. The van der Waals surface area contributed by atoms with Crippen molar-refractivity contribution < 1.29 is 9.32 Å². The van der Waals surface area contributed by atoms with Crippen LogP contribution in [-0.2, 0) is 11.3 Å². The molecule has 0 unspecified atom stereocenters. The van der Waals surface area contributed by atoms with Crippen molar-refractivity contribution in [1.82, 2.24) is 24.6 Å². The van der Waals surface area contributed by atoms with E-state index in [1.807, 2.05) is 0 Å². The monoisotopic (exact) mass is 333 g/mol. The average molecular weight is 333 g/mol. The van der Waals surface area contributed by atoms with E-state index >= 15 is 0 Å². The number of aryl methyl sites for hydroxylation is 2. The zero-order chi connectivity index (χ0) is 17.3. The summed E-state index contributed by atoms with van der Waals surface area (Å²) < 4.78 is 6.23. The third-order valence-electron chi connectivity index (χ3n) is 4.25. The number of aromatic nitrogens is 4. The number of carbonyl (C=O) groups excluding carboxylic acids is 1. The highest BCUT2D eigenvalue weighted by Crippen LogP contribution is 2.25. The van der Waals surface area contributed by atoms with Gasteiger partial charge >= 0.3 is 5.69 Å². The van der Waals surface area contributed by atoms with Crippen LogP contribution in [-0.4, -0.2) is 43.6 Å². The second kappa shape index (κ2) is 6.42. The number of likely N-dealkylation sites (tertiary alicyclic amines) is 1. The van der Waals surface area contributed by atoms with Gasteiger partial charge in [0.2, 0.25) is 11.8 Å². The summed E-state index contributed by atoms with van der Waals surface area (Å²) in [5.74, 6) is 1.26. The molecule has 1 amide bonds. The molecule has 2 aromatic rings. The molecule has 1 saturated heterocycles. The molecule has 9 nitrogen and oxygen atoms in total. The van der Waals surface area contributed by atoms with Gasteiger partial charge < -0.3 is 9.42 Å². The summed E-state index contributed by atoms with van der Waals surface area (Å²) in [6.45, 7) is 4.42. The van der Waals surface area contributed by atoms with Crippen LogP contribution in [0.1, 0.15) is 36.0 Å². The zero-order valence-corrected chi connectivity index (χ0v) is 13.6. The van der Waals surface area contributed by atoms with E-state index in [2.05, 4.69) is 15.1 Å². The third kappa shape index (κ3) is 3.29. The first-order valence-corrected chi connectivity index (χ1v) is 7.82. The van der Waals surface area contributed by atoms with E-state index in [-0.39, 0.29) is 18.4 Å². The molecule has 3 rings (SSSR count). The molecule has 1 N–H and O–H groups in total. The Morgan fingerprint density at radius 2 is 2.04 bits per heavy atom. The average Bonchev–Trinajstić information content (AvgIpc) is 2.99. The lowest BCUT2D eigenvalue weighted by atomic mass is 9.96. The molecule has 1 fully saturated rings. The van der Waals surface area contributed by atoms with Crippen LogP contribution in [0.5, 0.6) is 0 Å². The summed E-state index contributed by atoms with van der Waals surface area (Å²) >= 11 is 0. The number of nitrogens with one attached hydrogen (secondary N) is 1. The number of amides is 1. The van der Waals surface area contributed by atoms with E-state index in [1.54, 1.807) is 18.7 Å². The lowest BCUT2D eigenvalue weighted by Gasteiger charge is -2.30. The first-order chi connectivity index (χ1) is 11.4. The largest absolute Gasteiger partial charge is 0.341 e. The minimum absolute atomic E-state index is 0.0809. The smallest absolute Gasteiger partial charge is 0.328 e. The van der Waals surface area contributed by atoms with Gasteiger partial charge in [0.05, 0.1) is 0 Å². The molecule has 1 aliphatic rings. The summed E-state index contributed by atoms with van der Waals surface area (Å²) in [7, 11) is 0. The van der Waals surface area contributed by atoms with Gasteiger partial charge in [-0.15, -0.1) is 0 Å². The first kappa shape index (κ1) is 16.2. The Kier molecular flexibility index (Phi) is 4.32. The number of hydrogen-bond acceptors (Lipinski definition) is 6. The Hall–Kier alpha value is -2.71. The maximum absolute atomic E-state index is 12.4. The fourth-order valence-corrected chi connectivity index (χ4v) is 2.85. The molecule has 128 valence electrons. The Morgan fingerprint density at radius 1 is 1.33 bits per heavy atom. The van der Waals surface area contributed by atoms with Crippen molar-refractivity contribution in [3.8, 4) is 0 Å². The number of hydrogen-bond donors (Lipinski definition) is 1. The number of carbonyl (C=O) groups is 1. The van der Waals surface area contributed by atoms with Gasteiger partial charge in [-0.1, -0.05) is 5.16 Å². The molecule has 3 heterocycles. The molecule has 2 aromatic heterocycles. The third-order valence-corrected chi connectivity index (χ3v) is 4.25. The quantitative estimate of drug-likeness (QED) is 0.842. The summed E-state index contributed by atoms with van der Waals surface area (Å²) in [5, 5.41) is 3.94. The number of H-pyrrole nitrogens is 1. The van der Waals surface area contributed by atoms with Gasteiger partial charge in [0.1, 0.15) is 6.54 Å². The Balaban J connectivity index is 1.62. The molecule has 0 bridgehead atoms. The first-order valence-electron chi connectivity index (χ1n) is 7.82. The predicted octanol–water partition coefficient (Wildman–Crippen LogP) is -0.0574. The molecule has 9 heteroatoms. The molecule has 0 aromatic carbocycles. The molecule has 0 atom stereocenters. The van der Waals surface area contributed by atoms with Crippen molar-refractivity contribution in [2.45, 2.75) is 39.2 Å². The van der Waals surface area contributed by atoms with Crippen molar-refractivity contribution >= 4 is 5.91 Å². The standard InChI is InChI=1S/C15H19N5O4/c1-9-7-20(15(23)17-14(9)22)8-12(21)19-5-3-11(4-6-19)13-16-10(2)24-18-13/h7,11H,3-6,8H2,1-2H3,(H,17,22,23). The van der Waals surface area contributed by atoms with Gasteiger partial charge in [-0.05, 0) is 19.8 Å². The predicted molar refractivity (Wildman–Crippen MR) is 83.6 cm³/mol. The summed E-state index contributed by atoms with van der Waals surface area (Å²) in [5.41, 5.74) is -0.607. The Labute approximate surface area is 137 Å². The van der Waals surface area contributed by atoms with E-state index in [9.17, 15) is 14.4 Å². The van der Waals surface area contributed by atoms with Crippen molar-refractivity contribution in [3.63, 3.8) is 0 Å². The van der Waals surface area contributed by atoms with Crippen molar-refractivity contribution in [3.05, 3.63) is 44.3 Å². The van der Waals surface area contributed by atoms with E-state index < -0.39 is 11.2 Å². The fraction of sp³-hybridized carbons (Fsp3) is 0.533. The molecule has 0 aliphatic carbocycles. The highest BCUT2D eigenvalue weighted by Gasteiger charge is 2.26. The van der Waals surface area contributed by atoms with Gasteiger partial charge in [0, 0.05) is 37.7 Å². The second-order valence-corrected chi connectivity index (χ2v) is 6.03. The molecule has 0 radical (unpaired) electrons. The lowest BCUT2D eigenvalue weighted by molar-refractivity contribution is -0.133. The van der Waals surface area contributed by atoms with Crippen LogP contribution in [0.4, 0.5) is 0 Å². The number of aromatic amines is 1. The summed E-state index contributed by atoms with van der Waals surface area (Å²) in [6, 6.07) is 0. The number of rotatable bonds is 3. The van der Waals surface area contributed by atoms with Crippen LogP contribution >= 0.6 is 0 Å². The van der Waals surface area contributed by atoms with E-state index in [4.69, 9.17) is 4.52 Å². The molecular weight excluding hydrogens is 314 g/mol. The highest BCUT2D eigenvalue weighted by molar-refractivity contribution is 5.76. The minimum atomic E-state index is -0.573. The SMILES string of the molecule is Cc1nc(C2CCN(C(=O)Cn3cc(C)c(=O)[nH]c3=O)CC2)no1. The maximum Gasteiger partial charge on any atom is 0.328 e. The second-order valence-electron chi connectivity index (χ2n) is 6.03. The zero-order valence-electron chi connectivity index (χ0n) is 13.6. The van der Waals surface area contributed by atoms with Crippen LogP contribution in [0.25, 0.3) is 0 Å². The minimum Gasteiger partial charge on any atom is -0.341 e. The summed E-state index contributed by atoms with van der Waals surface area (Å²) in [4.78, 5) is 43.7. The summed E-state index contributed by atoms with van der Waals surface area (Å²) in [6.07, 6.45) is 2.92. The van der Waals surface area contributed by atoms with Gasteiger partial charge in [-0.3, -0.25) is 19.1 Å². The van der Waals surface area contributed by atoms with E-state index in [0.29, 0.717) is 30.4 Å². The number of nitrogens with zero attached hydrogens (tertiary/aromatic N) is 4. The van der Waals surface area contributed by atoms with Crippen molar-refractivity contribution in [2.75, 3.05) is 13.1 Å². The normalized spacial score (nSPS) is 15.7. The van der Waals surface area contributed by atoms with Gasteiger partial charge in [0.15, 0.2) is 5.82 Å². The van der Waals surface area contributed by atoms with Gasteiger partial charge in [-0.25, -0.2) is 4.79 Å². The van der Waals surface area contributed by atoms with Crippen LogP contribution in [0, 0.1) is 13.8 Å². The van der Waals surface area contributed by atoms with E-state index in [1.165, 1.54) is 10.8 Å². The van der Waals surface area contributed by atoms with Crippen LogP contribution in [0.15, 0.2) is 20.3 Å². The Morgan fingerprint density at radius 3 is 2.67 bits per heavy atom. The Bertz CT molecular complexity index is 857. The van der Waals surface area contributed by atoms with Crippen LogP contribution in [0.2, 0.25) is 0 Å². The topological polar surface area (TPSA) is 114 Å². The lowest BCUT2D eigenvalue weighted by Crippen LogP contribution is -2.42. The maximum atomic E-state index is 12.4. The van der Waals surface area contributed by atoms with Gasteiger partial charge in [0.25, 0.3) is 5.56 Å². The fourth-order valence-electron chi connectivity index (χ4n) is 2.85. The van der Waals surface area contributed by atoms with Gasteiger partial charge in [-0.2, -0.15) is 4.98 Å². The molecule has 0 saturated carbocycles. The van der Waals surface area contributed by atoms with E-state index in [0.717, 1.165) is 12.8 Å². The molecule has 24 heavy (non-hydrogen) atoms.